The van der Waals surface area contributed by atoms with Crippen LogP contribution in [0.3, 0.4) is 0 Å². The number of carbonyl (C=O) groups excluding carboxylic acids is 1. The summed E-state index contributed by atoms with van der Waals surface area (Å²) in [6.45, 7) is 4.45. The molecule has 0 amide bonds. The summed E-state index contributed by atoms with van der Waals surface area (Å²) in [5, 5.41) is 11.5. The lowest BCUT2D eigenvalue weighted by molar-refractivity contribution is -0.113. The van der Waals surface area contributed by atoms with Gasteiger partial charge in [0, 0.05) is 57.1 Å². The Morgan fingerprint density at radius 3 is 2.81 bits per heavy atom. The third kappa shape index (κ3) is 4.60. The zero-order valence-electron chi connectivity index (χ0n) is 17.4. The Balaban J connectivity index is 0.00000231. The molecule has 3 atom stereocenters. The van der Waals surface area contributed by atoms with E-state index in [9.17, 15) is 9.18 Å². The third-order valence-corrected chi connectivity index (χ3v) is 6.77. The molecule has 1 aromatic rings. The van der Waals surface area contributed by atoms with Crippen LogP contribution in [-0.4, -0.2) is 54.8 Å². The van der Waals surface area contributed by atoms with Gasteiger partial charge in [0.25, 0.3) is 0 Å². The monoisotopic (exact) mass is 446 g/mol. The largest absolute Gasteiger partial charge is 0.387 e. The maximum atomic E-state index is 13.2. The molecule has 8 heteroatoms. The van der Waals surface area contributed by atoms with Crippen molar-refractivity contribution in [2.24, 2.45) is 11.1 Å². The lowest BCUT2D eigenvalue weighted by Gasteiger charge is -2.46. The quantitative estimate of drug-likeness (QED) is 0.744. The number of rotatable bonds is 4. The van der Waals surface area contributed by atoms with Crippen molar-refractivity contribution in [1.82, 2.24) is 15.5 Å². The highest BCUT2D eigenvalue weighted by atomic mass is 35.5. The van der Waals surface area contributed by atoms with Gasteiger partial charge in [-0.05, 0) is 35.8 Å². The summed E-state index contributed by atoms with van der Waals surface area (Å²) in [4.78, 5) is 19.7. The Morgan fingerprint density at radius 1 is 1.26 bits per heavy atom. The number of piperidine rings is 1. The van der Waals surface area contributed by atoms with E-state index < -0.39 is 0 Å². The van der Waals surface area contributed by atoms with Crippen LogP contribution in [0.15, 0.2) is 53.2 Å². The van der Waals surface area contributed by atoms with Crippen molar-refractivity contribution in [2.75, 3.05) is 32.8 Å². The fraction of sp³-hybridized carbons (Fsp3) is 0.478. The van der Waals surface area contributed by atoms with Gasteiger partial charge >= 0.3 is 0 Å². The summed E-state index contributed by atoms with van der Waals surface area (Å²) in [7, 11) is 0. The summed E-state index contributed by atoms with van der Waals surface area (Å²) in [5.41, 5.74) is 3.27. The van der Waals surface area contributed by atoms with Gasteiger partial charge in [0.2, 0.25) is 0 Å². The maximum Gasteiger partial charge on any atom is 0.159 e. The SMILES string of the molecule is Cl.O=C1C=CC(C2CN(CC3=NOC(c4ccc(F)cc4)C3)CCC23CNCN3)=CC1. The van der Waals surface area contributed by atoms with Crippen LogP contribution in [0.2, 0.25) is 0 Å². The summed E-state index contributed by atoms with van der Waals surface area (Å²) in [6.07, 6.45) is 7.94. The lowest BCUT2D eigenvalue weighted by atomic mass is 9.73. The average Bonchev–Trinajstić information content (AvgIpc) is 3.41. The fourth-order valence-corrected chi connectivity index (χ4v) is 5.07. The van der Waals surface area contributed by atoms with Gasteiger partial charge in [0.1, 0.15) is 5.82 Å². The van der Waals surface area contributed by atoms with Crippen molar-refractivity contribution in [3.8, 4) is 0 Å². The smallest absolute Gasteiger partial charge is 0.159 e. The standard InChI is InChI=1S/C23H27FN4O2.ClH/c24-18-5-1-17(2-6-18)22-11-19(27-30-22)12-28-10-9-23(14-25-15-26-23)21(13-28)16-3-7-20(29)8-4-16;/h1-7,21-22,25-26H,8-15H2;1H. The number of ketones is 1. The van der Waals surface area contributed by atoms with Gasteiger partial charge in [-0.1, -0.05) is 29.4 Å². The highest BCUT2D eigenvalue weighted by Crippen LogP contribution is 2.37. The molecule has 0 aromatic heterocycles. The van der Waals surface area contributed by atoms with Gasteiger partial charge in [0.05, 0.1) is 5.71 Å². The molecule has 0 radical (unpaired) electrons. The molecule has 1 spiro atoms. The van der Waals surface area contributed by atoms with Crippen LogP contribution in [0, 0.1) is 11.7 Å². The number of hydrogen-bond acceptors (Lipinski definition) is 6. The summed E-state index contributed by atoms with van der Waals surface area (Å²) in [5.74, 6) is 0.248. The van der Waals surface area contributed by atoms with Gasteiger partial charge in [-0.2, -0.15) is 0 Å². The van der Waals surface area contributed by atoms with E-state index in [-0.39, 0.29) is 35.7 Å². The van der Waals surface area contributed by atoms with Crippen molar-refractivity contribution in [2.45, 2.75) is 30.9 Å². The molecule has 2 fully saturated rings. The normalized spacial score (nSPS) is 30.7. The highest BCUT2D eigenvalue weighted by molar-refractivity contribution is 5.92. The van der Waals surface area contributed by atoms with Gasteiger partial charge in [-0.25, -0.2) is 4.39 Å². The number of benzene rings is 1. The topological polar surface area (TPSA) is 66.0 Å². The van der Waals surface area contributed by atoms with Crippen molar-refractivity contribution >= 4 is 23.9 Å². The molecule has 3 unspecified atom stereocenters. The number of allylic oxidation sites excluding steroid dienone is 3. The molecule has 4 aliphatic rings. The number of hydrogen-bond donors (Lipinski definition) is 2. The van der Waals surface area contributed by atoms with E-state index in [0.717, 1.165) is 57.0 Å². The number of halogens is 2. The number of carbonyl (C=O) groups is 1. The van der Waals surface area contributed by atoms with Gasteiger partial charge < -0.3 is 10.2 Å². The van der Waals surface area contributed by atoms with Crippen molar-refractivity contribution in [1.29, 1.82) is 0 Å². The first-order valence-corrected chi connectivity index (χ1v) is 10.7. The predicted molar refractivity (Wildman–Crippen MR) is 120 cm³/mol. The molecule has 1 aromatic carbocycles. The van der Waals surface area contributed by atoms with Crippen LogP contribution >= 0.6 is 12.4 Å². The van der Waals surface area contributed by atoms with Crippen LogP contribution < -0.4 is 10.6 Å². The molecule has 2 saturated heterocycles. The molecule has 0 saturated carbocycles. The number of nitrogens with one attached hydrogen (secondary N) is 2. The zero-order valence-corrected chi connectivity index (χ0v) is 18.2. The number of nitrogens with zero attached hydrogens (tertiary/aromatic N) is 2. The predicted octanol–water partition coefficient (Wildman–Crippen LogP) is 2.73. The Bertz CT molecular complexity index is 909. The van der Waals surface area contributed by atoms with Crippen LogP contribution in [0.1, 0.15) is 30.9 Å². The van der Waals surface area contributed by atoms with Gasteiger partial charge in [0.15, 0.2) is 11.9 Å². The fourth-order valence-electron chi connectivity index (χ4n) is 5.07. The number of likely N-dealkylation sites (tertiary alicyclic amines) is 1. The molecule has 2 N–H and O–H groups in total. The van der Waals surface area contributed by atoms with E-state index >= 15 is 0 Å². The Morgan fingerprint density at radius 2 is 2.10 bits per heavy atom. The van der Waals surface area contributed by atoms with Crippen molar-refractivity contribution < 1.29 is 14.0 Å². The molecular formula is C23H28ClFN4O2. The molecule has 166 valence electrons. The van der Waals surface area contributed by atoms with Crippen LogP contribution in [0.4, 0.5) is 4.39 Å². The second-order valence-electron chi connectivity index (χ2n) is 8.69. The molecule has 3 aliphatic heterocycles. The molecule has 31 heavy (non-hydrogen) atoms. The Labute approximate surface area is 188 Å². The van der Waals surface area contributed by atoms with E-state index in [1.807, 2.05) is 6.08 Å². The van der Waals surface area contributed by atoms with Crippen molar-refractivity contribution in [3.63, 3.8) is 0 Å². The van der Waals surface area contributed by atoms with Crippen molar-refractivity contribution in [3.05, 3.63) is 59.4 Å². The van der Waals surface area contributed by atoms with Crippen LogP contribution in [0.25, 0.3) is 0 Å². The molecule has 1 aliphatic carbocycles. The molecule has 6 nitrogen and oxygen atoms in total. The van der Waals surface area contributed by atoms with E-state index in [1.165, 1.54) is 17.7 Å². The zero-order chi connectivity index (χ0) is 20.6. The second kappa shape index (κ2) is 9.20. The van der Waals surface area contributed by atoms with Crippen LogP contribution in [-0.2, 0) is 9.63 Å². The van der Waals surface area contributed by atoms with E-state index in [1.54, 1.807) is 18.2 Å². The highest BCUT2D eigenvalue weighted by Gasteiger charge is 2.46. The molecule has 5 rings (SSSR count). The average molecular weight is 447 g/mol. The molecule has 3 heterocycles. The summed E-state index contributed by atoms with van der Waals surface area (Å²) in [6, 6.07) is 6.45. The Hall–Kier alpha value is -2.06. The minimum absolute atomic E-state index is 0. The maximum absolute atomic E-state index is 13.2. The Kier molecular flexibility index (Phi) is 6.57. The first-order chi connectivity index (χ1) is 14.6. The first kappa shape index (κ1) is 22.1. The van der Waals surface area contributed by atoms with E-state index in [4.69, 9.17) is 4.84 Å². The van der Waals surface area contributed by atoms with Gasteiger partial charge in [-0.15, -0.1) is 12.4 Å². The number of oxime groups is 1. The lowest BCUT2D eigenvalue weighted by Crippen LogP contribution is -2.59. The summed E-state index contributed by atoms with van der Waals surface area (Å²) < 4.78 is 13.2. The molecular weight excluding hydrogens is 419 g/mol. The molecule has 0 bridgehead atoms. The first-order valence-electron chi connectivity index (χ1n) is 10.7. The van der Waals surface area contributed by atoms with E-state index in [2.05, 4.69) is 26.8 Å². The third-order valence-electron chi connectivity index (χ3n) is 6.77. The van der Waals surface area contributed by atoms with Crippen LogP contribution in [0.5, 0.6) is 0 Å². The second-order valence-corrected chi connectivity index (χ2v) is 8.69. The van der Waals surface area contributed by atoms with Gasteiger partial charge in [-0.3, -0.25) is 15.0 Å². The minimum atomic E-state index is -0.242. The summed E-state index contributed by atoms with van der Waals surface area (Å²) >= 11 is 0. The van der Waals surface area contributed by atoms with E-state index in [0.29, 0.717) is 12.3 Å². The minimum Gasteiger partial charge on any atom is -0.387 e.